The predicted molar refractivity (Wildman–Crippen MR) is 95.4 cm³/mol. The summed E-state index contributed by atoms with van der Waals surface area (Å²) in [5.74, 6) is 0.875. The van der Waals surface area contributed by atoms with Crippen molar-refractivity contribution in [3.05, 3.63) is 29.8 Å². The molecule has 24 heavy (non-hydrogen) atoms. The molecule has 0 spiro atoms. The molecule has 134 valence electrons. The second-order valence-electron chi connectivity index (χ2n) is 7.61. The van der Waals surface area contributed by atoms with Crippen LogP contribution in [0.2, 0.25) is 0 Å². The molecule has 1 saturated carbocycles. The van der Waals surface area contributed by atoms with E-state index in [1.54, 1.807) is 7.11 Å². The number of ether oxygens (including phenoxy) is 2. The fourth-order valence-corrected chi connectivity index (χ4v) is 2.95. The van der Waals surface area contributed by atoms with Crippen LogP contribution in [0.15, 0.2) is 24.3 Å². The van der Waals surface area contributed by atoms with Crippen molar-refractivity contribution in [1.29, 1.82) is 0 Å². The molecule has 2 rings (SSSR count). The van der Waals surface area contributed by atoms with Gasteiger partial charge in [-0.3, -0.25) is 0 Å². The molecule has 5 heteroatoms. The summed E-state index contributed by atoms with van der Waals surface area (Å²) in [4.78, 5) is 12.1. The maximum atomic E-state index is 12.1. The van der Waals surface area contributed by atoms with Crippen LogP contribution in [0.4, 0.5) is 4.79 Å². The number of carbonyl (C=O) groups is 1. The minimum absolute atomic E-state index is 0.138. The first-order valence-electron chi connectivity index (χ1n) is 8.62. The predicted octanol–water partition coefficient (Wildman–Crippen LogP) is 3.79. The van der Waals surface area contributed by atoms with Gasteiger partial charge in [-0.2, -0.15) is 0 Å². The second-order valence-corrected chi connectivity index (χ2v) is 7.61. The molecule has 1 aromatic carbocycles. The van der Waals surface area contributed by atoms with Crippen LogP contribution in [-0.2, 0) is 4.74 Å². The van der Waals surface area contributed by atoms with E-state index in [2.05, 4.69) is 23.6 Å². The van der Waals surface area contributed by atoms with Gasteiger partial charge in [-0.1, -0.05) is 18.2 Å². The molecule has 0 radical (unpaired) electrons. The Labute approximate surface area is 145 Å². The van der Waals surface area contributed by atoms with E-state index in [0.29, 0.717) is 6.54 Å². The van der Waals surface area contributed by atoms with Crippen LogP contribution in [0.25, 0.3) is 0 Å². The van der Waals surface area contributed by atoms with E-state index in [-0.39, 0.29) is 17.7 Å². The summed E-state index contributed by atoms with van der Waals surface area (Å²) in [5.41, 5.74) is 0.429. The van der Waals surface area contributed by atoms with Crippen molar-refractivity contribution in [3.63, 3.8) is 0 Å². The molecule has 0 bridgehead atoms. The Balaban J connectivity index is 1.94. The maximum Gasteiger partial charge on any atom is 0.408 e. The molecule has 1 unspecified atom stereocenters. The van der Waals surface area contributed by atoms with E-state index in [1.165, 1.54) is 0 Å². The third-order valence-electron chi connectivity index (χ3n) is 4.43. The van der Waals surface area contributed by atoms with Gasteiger partial charge in [-0.05, 0) is 53.0 Å². The minimum atomic E-state index is -0.479. The Morgan fingerprint density at radius 2 is 1.96 bits per heavy atom. The first-order chi connectivity index (χ1) is 11.2. The van der Waals surface area contributed by atoms with Crippen molar-refractivity contribution >= 4 is 6.09 Å². The Morgan fingerprint density at radius 3 is 2.50 bits per heavy atom. The highest BCUT2D eigenvalue weighted by Gasteiger charge is 2.39. The van der Waals surface area contributed by atoms with Gasteiger partial charge >= 0.3 is 6.09 Å². The number of hydrogen-bond acceptors (Lipinski definition) is 4. The standard InChI is InChI=1S/C19H30N2O3/c1-14(15-9-6-7-10-16(15)23-5)20-13-19(11-8-12-19)21-17(22)24-18(2,3)4/h6-7,9-10,14,20H,8,11-13H2,1-5H3,(H,21,22). The zero-order valence-corrected chi connectivity index (χ0v) is 15.4. The summed E-state index contributed by atoms with van der Waals surface area (Å²) in [6.07, 6.45) is 2.73. The van der Waals surface area contributed by atoms with E-state index in [9.17, 15) is 4.79 Å². The van der Waals surface area contributed by atoms with Gasteiger partial charge < -0.3 is 20.1 Å². The highest BCUT2D eigenvalue weighted by Crippen LogP contribution is 2.33. The fourth-order valence-electron chi connectivity index (χ4n) is 2.95. The fraction of sp³-hybridized carbons (Fsp3) is 0.632. The minimum Gasteiger partial charge on any atom is -0.496 e. The normalized spacial score (nSPS) is 17.5. The van der Waals surface area contributed by atoms with Gasteiger partial charge in [0.1, 0.15) is 11.4 Å². The molecule has 1 aromatic rings. The van der Waals surface area contributed by atoms with Crippen molar-refractivity contribution in [2.45, 2.75) is 64.1 Å². The van der Waals surface area contributed by atoms with Gasteiger partial charge in [0.05, 0.1) is 12.6 Å². The molecule has 5 nitrogen and oxygen atoms in total. The van der Waals surface area contributed by atoms with Gasteiger partial charge in [0.2, 0.25) is 0 Å². The van der Waals surface area contributed by atoms with E-state index < -0.39 is 5.60 Å². The van der Waals surface area contributed by atoms with Crippen LogP contribution in [0.3, 0.4) is 0 Å². The van der Waals surface area contributed by atoms with Gasteiger partial charge in [-0.25, -0.2) is 4.79 Å². The number of alkyl carbamates (subject to hydrolysis) is 1. The molecule has 1 fully saturated rings. The number of carbonyl (C=O) groups excluding carboxylic acids is 1. The van der Waals surface area contributed by atoms with E-state index in [1.807, 2.05) is 39.0 Å². The molecule has 0 aromatic heterocycles. The lowest BCUT2D eigenvalue weighted by Crippen LogP contribution is -2.60. The average molecular weight is 334 g/mol. The van der Waals surface area contributed by atoms with E-state index in [4.69, 9.17) is 9.47 Å². The molecule has 1 aliphatic rings. The van der Waals surface area contributed by atoms with Gasteiger partial charge in [-0.15, -0.1) is 0 Å². The van der Waals surface area contributed by atoms with Gasteiger partial charge in [0.25, 0.3) is 0 Å². The van der Waals surface area contributed by atoms with Crippen molar-refractivity contribution in [3.8, 4) is 5.75 Å². The monoisotopic (exact) mass is 334 g/mol. The maximum absolute atomic E-state index is 12.1. The molecule has 0 heterocycles. The van der Waals surface area contributed by atoms with E-state index >= 15 is 0 Å². The lowest BCUT2D eigenvalue weighted by molar-refractivity contribution is 0.0379. The molecule has 2 N–H and O–H groups in total. The molecule has 1 amide bonds. The smallest absolute Gasteiger partial charge is 0.408 e. The largest absolute Gasteiger partial charge is 0.496 e. The quantitative estimate of drug-likeness (QED) is 0.831. The third kappa shape index (κ3) is 4.87. The molecular formula is C19H30N2O3. The summed E-state index contributed by atoms with van der Waals surface area (Å²) >= 11 is 0. The number of benzene rings is 1. The van der Waals surface area contributed by atoms with Crippen LogP contribution in [0, 0.1) is 0 Å². The summed E-state index contributed by atoms with van der Waals surface area (Å²) < 4.78 is 10.8. The summed E-state index contributed by atoms with van der Waals surface area (Å²) in [5, 5.41) is 6.60. The second kappa shape index (κ2) is 7.43. The van der Waals surface area contributed by atoms with Crippen molar-refractivity contribution < 1.29 is 14.3 Å². The summed E-state index contributed by atoms with van der Waals surface area (Å²) in [7, 11) is 1.68. The topological polar surface area (TPSA) is 59.6 Å². The van der Waals surface area contributed by atoms with Crippen LogP contribution in [-0.4, -0.2) is 30.9 Å². The first kappa shape index (κ1) is 18.6. The molecular weight excluding hydrogens is 304 g/mol. The Morgan fingerprint density at radius 1 is 1.29 bits per heavy atom. The Hall–Kier alpha value is -1.75. The number of rotatable bonds is 6. The molecule has 1 atom stereocenters. The van der Waals surface area contributed by atoms with Crippen LogP contribution < -0.4 is 15.4 Å². The Bertz CT molecular complexity index is 562. The van der Waals surface area contributed by atoms with Crippen LogP contribution in [0.5, 0.6) is 5.75 Å². The third-order valence-corrected chi connectivity index (χ3v) is 4.43. The number of methoxy groups -OCH3 is 1. The van der Waals surface area contributed by atoms with Gasteiger partial charge in [0.15, 0.2) is 0 Å². The Kier molecular flexibility index (Phi) is 5.75. The summed E-state index contributed by atoms with van der Waals surface area (Å²) in [6.45, 7) is 8.45. The lowest BCUT2D eigenvalue weighted by Gasteiger charge is -2.43. The molecule has 0 saturated heterocycles. The lowest BCUT2D eigenvalue weighted by atomic mass is 9.76. The zero-order chi connectivity index (χ0) is 17.8. The van der Waals surface area contributed by atoms with Crippen molar-refractivity contribution in [2.24, 2.45) is 0 Å². The number of hydrogen-bond donors (Lipinski definition) is 2. The zero-order valence-electron chi connectivity index (χ0n) is 15.4. The molecule has 1 aliphatic carbocycles. The number of para-hydroxylation sites is 1. The highest BCUT2D eigenvalue weighted by molar-refractivity contribution is 5.69. The first-order valence-corrected chi connectivity index (χ1v) is 8.62. The molecule has 0 aliphatic heterocycles. The van der Waals surface area contributed by atoms with Crippen molar-refractivity contribution in [2.75, 3.05) is 13.7 Å². The van der Waals surface area contributed by atoms with Crippen LogP contribution >= 0.6 is 0 Å². The highest BCUT2D eigenvalue weighted by atomic mass is 16.6. The van der Waals surface area contributed by atoms with E-state index in [0.717, 1.165) is 30.6 Å². The SMILES string of the molecule is COc1ccccc1C(C)NCC1(NC(=O)OC(C)(C)C)CCC1. The van der Waals surface area contributed by atoms with Gasteiger partial charge in [0, 0.05) is 18.2 Å². The summed E-state index contributed by atoms with van der Waals surface area (Å²) in [6, 6.07) is 8.14. The van der Waals surface area contributed by atoms with Crippen molar-refractivity contribution in [1.82, 2.24) is 10.6 Å². The average Bonchev–Trinajstić information content (AvgIpc) is 2.47. The van der Waals surface area contributed by atoms with Crippen LogP contribution in [0.1, 0.15) is 58.6 Å². The number of nitrogens with one attached hydrogen (secondary N) is 2. The number of amides is 1.